The van der Waals surface area contributed by atoms with Gasteiger partial charge in [0.05, 0.1) is 0 Å². The van der Waals surface area contributed by atoms with Gasteiger partial charge in [0.25, 0.3) is 0 Å². The fraction of sp³-hybridized carbons (Fsp3) is 0.923. The lowest BCUT2D eigenvalue weighted by Crippen LogP contribution is -2.57. The molecule has 2 aliphatic rings. The van der Waals surface area contributed by atoms with E-state index in [1.54, 1.807) is 0 Å². The summed E-state index contributed by atoms with van der Waals surface area (Å²) in [4.78, 5) is 14.3. The summed E-state index contributed by atoms with van der Waals surface area (Å²) in [6.45, 7) is 7.85. The van der Waals surface area contributed by atoms with E-state index in [4.69, 9.17) is 5.11 Å². The van der Waals surface area contributed by atoms with E-state index in [2.05, 4.69) is 19.2 Å². The zero-order chi connectivity index (χ0) is 12.5. The molecule has 4 nitrogen and oxygen atoms in total. The van der Waals surface area contributed by atoms with E-state index in [0.29, 0.717) is 11.8 Å². The molecule has 2 aliphatic heterocycles. The molecule has 17 heavy (non-hydrogen) atoms. The largest absolute Gasteiger partial charge is 0.396 e. The van der Waals surface area contributed by atoms with Gasteiger partial charge in [-0.05, 0) is 31.8 Å². The molecule has 2 fully saturated rings. The van der Waals surface area contributed by atoms with Crippen molar-refractivity contribution < 1.29 is 9.90 Å². The Morgan fingerprint density at radius 1 is 1.47 bits per heavy atom. The van der Waals surface area contributed by atoms with Gasteiger partial charge in [0.15, 0.2) is 0 Å². The van der Waals surface area contributed by atoms with E-state index in [0.717, 1.165) is 32.6 Å². The third kappa shape index (κ3) is 2.47. The Hall–Kier alpha value is -0.610. The molecule has 0 aromatic heterocycles. The van der Waals surface area contributed by atoms with Crippen LogP contribution in [-0.2, 0) is 4.79 Å². The average Bonchev–Trinajstić information content (AvgIpc) is 2.28. The summed E-state index contributed by atoms with van der Waals surface area (Å²) >= 11 is 0. The van der Waals surface area contributed by atoms with Crippen molar-refractivity contribution in [1.29, 1.82) is 0 Å². The number of hydrogen-bond acceptors (Lipinski definition) is 3. The van der Waals surface area contributed by atoms with E-state index >= 15 is 0 Å². The number of aliphatic hydroxyl groups excluding tert-OH is 1. The van der Waals surface area contributed by atoms with Gasteiger partial charge in [0.2, 0.25) is 5.91 Å². The molecule has 0 aliphatic carbocycles. The molecule has 1 unspecified atom stereocenters. The van der Waals surface area contributed by atoms with Crippen LogP contribution >= 0.6 is 0 Å². The zero-order valence-corrected chi connectivity index (χ0v) is 10.9. The number of nitrogens with one attached hydrogen (secondary N) is 1. The molecule has 4 heteroatoms. The molecule has 1 atom stereocenters. The summed E-state index contributed by atoms with van der Waals surface area (Å²) in [6, 6.07) is 0. The standard InChI is InChI=1S/C13H24N2O2/c1-13(2,11-4-3-5-14-6-11)12(17)15-7-10(8-15)9-16/h10-11,14,16H,3-9H2,1-2H3. The molecule has 0 aromatic rings. The Balaban J connectivity index is 1.92. The topological polar surface area (TPSA) is 52.6 Å². The van der Waals surface area contributed by atoms with Gasteiger partial charge in [-0.1, -0.05) is 13.8 Å². The highest BCUT2D eigenvalue weighted by molar-refractivity contribution is 5.83. The van der Waals surface area contributed by atoms with Gasteiger partial charge >= 0.3 is 0 Å². The van der Waals surface area contributed by atoms with E-state index < -0.39 is 0 Å². The van der Waals surface area contributed by atoms with Crippen LogP contribution in [0.25, 0.3) is 0 Å². The summed E-state index contributed by atoms with van der Waals surface area (Å²) in [5.41, 5.74) is -0.270. The van der Waals surface area contributed by atoms with Crippen LogP contribution in [0.1, 0.15) is 26.7 Å². The minimum Gasteiger partial charge on any atom is -0.396 e. The van der Waals surface area contributed by atoms with E-state index in [1.165, 1.54) is 6.42 Å². The highest BCUT2D eigenvalue weighted by atomic mass is 16.3. The second kappa shape index (κ2) is 4.94. The molecule has 0 bridgehead atoms. The van der Waals surface area contributed by atoms with E-state index in [1.807, 2.05) is 4.90 Å². The number of likely N-dealkylation sites (tertiary alicyclic amines) is 1. The number of carbonyl (C=O) groups excluding carboxylic acids is 1. The summed E-state index contributed by atoms with van der Waals surface area (Å²) in [7, 11) is 0. The summed E-state index contributed by atoms with van der Waals surface area (Å²) in [5, 5.41) is 12.4. The minimum absolute atomic E-state index is 0.204. The molecule has 1 amide bonds. The van der Waals surface area contributed by atoms with Gasteiger partial charge < -0.3 is 15.3 Å². The monoisotopic (exact) mass is 240 g/mol. The van der Waals surface area contributed by atoms with Crippen molar-refractivity contribution in [2.45, 2.75) is 26.7 Å². The second-order valence-electron chi connectivity index (χ2n) is 6.02. The predicted molar refractivity (Wildman–Crippen MR) is 66.5 cm³/mol. The zero-order valence-electron chi connectivity index (χ0n) is 10.9. The van der Waals surface area contributed by atoms with Crippen molar-refractivity contribution in [3.05, 3.63) is 0 Å². The number of hydrogen-bond donors (Lipinski definition) is 2. The first kappa shape index (κ1) is 12.8. The second-order valence-corrected chi connectivity index (χ2v) is 6.02. The molecular formula is C13H24N2O2. The summed E-state index contributed by atoms with van der Waals surface area (Å²) in [5.74, 6) is 1.01. The Labute approximate surface area is 103 Å². The molecule has 0 aromatic carbocycles. The predicted octanol–water partition coefficient (Wildman–Crippen LogP) is 0.463. The van der Waals surface area contributed by atoms with E-state index in [9.17, 15) is 4.79 Å². The number of carbonyl (C=O) groups is 1. The number of nitrogens with zero attached hydrogens (tertiary/aromatic N) is 1. The smallest absolute Gasteiger partial charge is 0.228 e. The Bertz CT molecular complexity index is 279. The van der Waals surface area contributed by atoms with Crippen molar-refractivity contribution in [3.8, 4) is 0 Å². The maximum atomic E-state index is 12.4. The number of amides is 1. The van der Waals surface area contributed by atoms with Gasteiger partial charge in [-0.2, -0.15) is 0 Å². The van der Waals surface area contributed by atoms with Crippen LogP contribution in [-0.4, -0.2) is 48.7 Å². The van der Waals surface area contributed by atoms with Crippen LogP contribution in [0.2, 0.25) is 0 Å². The molecule has 2 N–H and O–H groups in total. The number of piperidine rings is 1. The van der Waals surface area contributed by atoms with Crippen LogP contribution in [0.3, 0.4) is 0 Å². The molecule has 0 spiro atoms. The average molecular weight is 240 g/mol. The summed E-state index contributed by atoms with van der Waals surface area (Å²) < 4.78 is 0. The van der Waals surface area contributed by atoms with Crippen LogP contribution in [0.5, 0.6) is 0 Å². The molecule has 98 valence electrons. The van der Waals surface area contributed by atoms with Crippen molar-refractivity contribution >= 4 is 5.91 Å². The maximum absolute atomic E-state index is 12.4. The lowest BCUT2D eigenvalue weighted by molar-refractivity contribution is -0.151. The first-order chi connectivity index (χ1) is 8.05. The van der Waals surface area contributed by atoms with Gasteiger partial charge in [-0.15, -0.1) is 0 Å². The third-order valence-electron chi connectivity index (χ3n) is 4.37. The maximum Gasteiger partial charge on any atom is 0.228 e. The SMILES string of the molecule is CC(C)(C(=O)N1CC(CO)C1)C1CCCNC1. The van der Waals surface area contributed by atoms with Crippen molar-refractivity contribution in [3.63, 3.8) is 0 Å². The van der Waals surface area contributed by atoms with Gasteiger partial charge in [0, 0.05) is 31.0 Å². The minimum atomic E-state index is -0.270. The van der Waals surface area contributed by atoms with Crippen LogP contribution in [0.15, 0.2) is 0 Å². The Morgan fingerprint density at radius 3 is 2.71 bits per heavy atom. The van der Waals surface area contributed by atoms with Crippen LogP contribution in [0, 0.1) is 17.3 Å². The highest BCUT2D eigenvalue weighted by Gasteiger charge is 2.43. The van der Waals surface area contributed by atoms with E-state index in [-0.39, 0.29) is 17.9 Å². The van der Waals surface area contributed by atoms with Crippen molar-refractivity contribution in [2.75, 3.05) is 32.8 Å². The first-order valence-electron chi connectivity index (χ1n) is 6.66. The third-order valence-corrected chi connectivity index (χ3v) is 4.37. The quantitative estimate of drug-likeness (QED) is 0.753. The van der Waals surface area contributed by atoms with Crippen molar-refractivity contribution in [1.82, 2.24) is 10.2 Å². The van der Waals surface area contributed by atoms with Crippen LogP contribution in [0.4, 0.5) is 0 Å². The fourth-order valence-electron chi connectivity index (χ4n) is 2.90. The fourth-order valence-corrected chi connectivity index (χ4v) is 2.90. The Morgan fingerprint density at radius 2 is 2.18 bits per heavy atom. The van der Waals surface area contributed by atoms with Crippen LogP contribution < -0.4 is 5.32 Å². The van der Waals surface area contributed by atoms with Crippen molar-refractivity contribution in [2.24, 2.45) is 17.3 Å². The molecule has 0 radical (unpaired) electrons. The van der Waals surface area contributed by atoms with Gasteiger partial charge in [-0.25, -0.2) is 0 Å². The lowest BCUT2D eigenvalue weighted by Gasteiger charge is -2.45. The summed E-state index contributed by atoms with van der Waals surface area (Å²) in [6.07, 6.45) is 2.31. The lowest BCUT2D eigenvalue weighted by atomic mass is 9.73. The first-order valence-corrected chi connectivity index (χ1v) is 6.66. The van der Waals surface area contributed by atoms with Gasteiger partial charge in [-0.3, -0.25) is 4.79 Å². The molecule has 2 heterocycles. The van der Waals surface area contributed by atoms with Gasteiger partial charge in [0.1, 0.15) is 0 Å². The number of rotatable bonds is 3. The number of aliphatic hydroxyl groups is 1. The molecular weight excluding hydrogens is 216 g/mol. The highest BCUT2D eigenvalue weighted by Crippen LogP contribution is 2.35. The molecule has 2 saturated heterocycles. The normalized spacial score (nSPS) is 26.8. The Kier molecular flexibility index (Phi) is 3.73. The molecule has 0 saturated carbocycles. The molecule has 2 rings (SSSR count).